The van der Waals surface area contributed by atoms with Crippen LogP contribution in [0.2, 0.25) is 0 Å². The Kier molecular flexibility index (Phi) is 3.47. The van der Waals surface area contributed by atoms with Crippen LogP contribution < -0.4 is 5.32 Å². The van der Waals surface area contributed by atoms with Crippen molar-refractivity contribution in [1.82, 2.24) is 4.98 Å². The number of benzene rings is 2. The highest BCUT2D eigenvalue weighted by Crippen LogP contribution is 2.32. The molecule has 24 heavy (non-hydrogen) atoms. The maximum Gasteiger partial charge on any atom is 0.324 e. The van der Waals surface area contributed by atoms with Crippen LogP contribution in [0.3, 0.4) is 0 Å². The van der Waals surface area contributed by atoms with Gasteiger partial charge in [-0.2, -0.15) is 0 Å². The van der Waals surface area contributed by atoms with Gasteiger partial charge in [0, 0.05) is 11.5 Å². The standard InChI is InChI=1S/C16H9N3O3S2/c20-15(12-7-8-13(23-12)19(21)22)18-16-17-14-10-4-2-1-3-9(10)5-6-11(14)24-16/h1-8H,(H,17,18,20). The fraction of sp³-hybridized carbons (Fsp3) is 0. The number of hydrogen-bond acceptors (Lipinski definition) is 6. The van der Waals surface area contributed by atoms with Crippen LogP contribution in [-0.2, 0) is 0 Å². The van der Waals surface area contributed by atoms with Crippen molar-refractivity contribution in [2.75, 3.05) is 5.32 Å². The van der Waals surface area contributed by atoms with Gasteiger partial charge in [0.15, 0.2) is 5.13 Å². The summed E-state index contributed by atoms with van der Waals surface area (Å²) in [5.41, 5.74) is 0.838. The van der Waals surface area contributed by atoms with Crippen LogP contribution in [0.4, 0.5) is 10.1 Å². The van der Waals surface area contributed by atoms with Crippen molar-refractivity contribution in [3.05, 3.63) is 63.5 Å². The van der Waals surface area contributed by atoms with E-state index in [4.69, 9.17) is 0 Å². The second kappa shape index (κ2) is 5.66. The molecule has 0 spiro atoms. The lowest BCUT2D eigenvalue weighted by atomic mass is 10.1. The maximum absolute atomic E-state index is 12.2. The summed E-state index contributed by atoms with van der Waals surface area (Å²) in [5, 5.41) is 16.0. The molecule has 6 nitrogen and oxygen atoms in total. The third-order valence-electron chi connectivity index (χ3n) is 3.50. The molecule has 0 radical (unpaired) electrons. The Hall–Kier alpha value is -2.84. The van der Waals surface area contributed by atoms with Gasteiger partial charge in [-0.3, -0.25) is 20.2 Å². The Balaban J connectivity index is 1.67. The molecule has 0 aliphatic rings. The normalized spacial score (nSPS) is 11.0. The number of thiazole rings is 1. The van der Waals surface area contributed by atoms with Crippen LogP contribution in [0.15, 0.2) is 48.5 Å². The number of hydrogen-bond donors (Lipinski definition) is 1. The molecule has 0 fully saturated rings. The number of amides is 1. The summed E-state index contributed by atoms with van der Waals surface area (Å²) in [5.74, 6) is -0.392. The first-order valence-corrected chi connectivity index (χ1v) is 8.59. The van der Waals surface area contributed by atoms with Crippen LogP contribution in [0.1, 0.15) is 9.67 Å². The molecular formula is C16H9N3O3S2. The first-order valence-electron chi connectivity index (χ1n) is 6.96. The second-order valence-electron chi connectivity index (χ2n) is 5.00. The van der Waals surface area contributed by atoms with Crippen molar-refractivity contribution in [1.29, 1.82) is 0 Å². The largest absolute Gasteiger partial charge is 0.324 e. The van der Waals surface area contributed by atoms with Gasteiger partial charge < -0.3 is 0 Å². The molecule has 0 atom stereocenters. The monoisotopic (exact) mass is 355 g/mol. The van der Waals surface area contributed by atoms with Crippen molar-refractivity contribution in [3.8, 4) is 0 Å². The third-order valence-corrected chi connectivity index (χ3v) is 5.47. The van der Waals surface area contributed by atoms with E-state index >= 15 is 0 Å². The molecule has 0 aliphatic carbocycles. The lowest BCUT2D eigenvalue weighted by Gasteiger charge is -1.97. The molecule has 0 saturated heterocycles. The van der Waals surface area contributed by atoms with Gasteiger partial charge in [0.05, 0.1) is 20.0 Å². The molecule has 2 heterocycles. The molecule has 118 valence electrons. The summed E-state index contributed by atoms with van der Waals surface area (Å²) < 4.78 is 0.973. The number of nitrogens with one attached hydrogen (secondary N) is 1. The Bertz CT molecular complexity index is 1100. The lowest BCUT2D eigenvalue weighted by molar-refractivity contribution is -0.380. The molecule has 8 heteroatoms. The lowest BCUT2D eigenvalue weighted by Crippen LogP contribution is -2.09. The van der Waals surface area contributed by atoms with E-state index in [1.54, 1.807) is 0 Å². The maximum atomic E-state index is 12.2. The molecule has 2 aromatic heterocycles. The van der Waals surface area contributed by atoms with Gasteiger partial charge in [-0.1, -0.05) is 53.0 Å². The molecule has 1 amide bonds. The zero-order valence-corrected chi connectivity index (χ0v) is 13.7. The molecule has 4 aromatic rings. The molecule has 0 aliphatic heterocycles. The Labute approximate surface area is 143 Å². The minimum atomic E-state index is -0.509. The van der Waals surface area contributed by atoms with Gasteiger partial charge in [-0.05, 0) is 17.5 Å². The SMILES string of the molecule is O=C(Nc1nc2c(ccc3ccccc32)s1)c1ccc([N+](=O)[O-])s1. The molecule has 0 bridgehead atoms. The zero-order valence-electron chi connectivity index (χ0n) is 12.1. The molecular weight excluding hydrogens is 346 g/mol. The van der Waals surface area contributed by atoms with E-state index in [0.717, 1.165) is 32.3 Å². The highest BCUT2D eigenvalue weighted by Gasteiger charge is 2.17. The predicted octanol–water partition coefficient (Wildman–Crippen LogP) is 4.67. The van der Waals surface area contributed by atoms with Crippen molar-refractivity contribution in [2.24, 2.45) is 0 Å². The number of nitro groups is 1. The summed E-state index contributed by atoms with van der Waals surface area (Å²) in [6.07, 6.45) is 0. The van der Waals surface area contributed by atoms with Gasteiger partial charge in [0.2, 0.25) is 0 Å². The van der Waals surface area contributed by atoms with Gasteiger partial charge in [-0.15, -0.1) is 0 Å². The van der Waals surface area contributed by atoms with E-state index in [1.165, 1.54) is 23.5 Å². The van der Waals surface area contributed by atoms with E-state index in [2.05, 4.69) is 10.3 Å². The number of rotatable bonds is 3. The van der Waals surface area contributed by atoms with Crippen molar-refractivity contribution in [3.63, 3.8) is 0 Å². The van der Waals surface area contributed by atoms with Crippen molar-refractivity contribution >= 4 is 59.7 Å². The van der Waals surface area contributed by atoms with Gasteiger partial charge in [0.25, 0.3) is 5.91 Å². The Morgan fingerprint density at radius 2 is 1.92 bits per heavy atom. The number of anilines is 1. The number of thiophene rings is 1. The number of carbonyl (C=O) groups excluding carboxylic acids is 1. The summed E-state index contributed by atoms with van der Waals surface area (Å²) in [6.45, 7) is 0. The molecule has 0 unspecified atom stereocenters. The average Bonchev–Trinajstić information content (AvgIpc) is 3.21. The predicted molar refractivity (Wildman–Crippen MR) is 96.1 cm³/mol. The van der Waals surface area contributed by atoms with Crippen molar-refractivity contribution < 1.29 is 9.72 Å². The fourth-order valence-corrected chi connectivity index (χ4v) is 4.01. The smallest absolute Gasteiger partial charge is 0.297 e. The average molecular weight is 355 g/mol. The first kappa shape index (κ1) is 14.7. The molecule has 0 saturated carbocycles. The summed E-state index contributed by atoms with van der Waals surface area (Å²) in [7, 11) is 0. The number of fused-ring (bicyclic) bond motifs is 3. The Morgan fingerprint density at radius 3 is 2.71 bits per heavy atom. The molecule has 4 rings (SSSR count). The summed E-state index contributed by atoms with van der Waals surface area (Å²) in [6, 6.07) is 14.7. The number of aromatic nitrogens is 1. The van der Waals surface area contributed by atoms with Gasteiger partial charge in [-0.25, -0.2) is 4.98 Å². The highest BCUT2D eigenvalue weighted by atomic mass is 32.1. The third kappa shape index (κ3) is 2.51. The van der Waals surface area contributed by atoms with Crippen LogP contribution in [0, 0.1) is 10.1 Å². The van der Waals surface area contributed by atoms with E-state index in [0.29, 0.717) is 5.13 Å². The van der Waals surface area contributed by atoms with Crippen LogP contribution in [0.25, 0.3) is 21.0 Å². The van der Waals surface area contributed by atoms with E-state index < -0.39 is 10.8 Å². The summed E-state index contributed by atoms with van der Waals surface area (Å²) in [4.78, 5) is 27.2. The first-order chi connectivity index (χ1) is 11.6. The van der Waals surface area contributed by atoms with E-state index in [9.17, 15) is 14.9 Å². The van der Waals surface area contributed by atoms with Gasteiger partial charge >= 0.3 is 5.00 Å². The molecule has 1 N–H and O–H groups in total. The molecule has 2 aromatic carbocycles. The van der Waals surface area contributed by atoms with Crippen LogP contribution in [0.5, 0.6) is 0 Å². The topological polar surface area (TPSA) is 85.1 Å². The summed E-state index contributed by atoms with van der Waals surface area (Å²) >= 11 is 2.22. The van der Waals surface area contributed by atoms with E-state index in [1.807, 2.05) is 36.4 Å². The van der Waals surface area contributed by atoms with Gasteiger partial charge in [0.1, 0.15) is 0 Å². The highest BCUT2D eigenvalue weighted by molar-refractivity contribution is 7.22. The zero-order chi connectivity index (χ0) is 16.7. The Morgan fingerprint density at radius 1 is 1.08 bits per heavy atom. The number of nitrogens with zero attached hydrogens (tertiary/aromatic N) is 2. The van der Waals surface area contributed by atoms with Crippen molar-refractivity contribution in [2.45, 2.75) is 0 Å². The van der Waals surface area contributed by atoms with E-state index in [-0.39, 0.29) is 9.88 Å². The fourth-order valence-electron chi connectivity index (χ4n) is 2.42. The minimum Gasteiger partial charge on any atom is -0.297 e. The quantitative estimate of drug-likeness (QED) is 0.427. The van der Waals surface area contributed by atoms with Crippen LogP contribution in [-0.4, -0.2) is 15.8 Å². The number of carbonyl (C=O) groups is 1. The second-order valence-corrected chi connectivity index (χ2v) is 7.09. The van der Waals surface area contributed by atoms with Crippen LogP contribution >= 0.6 is 22.7 Å². The minimum absolute atomic E-state index is 0.0598.